The minimum Gasteiger partial charge on any atom is -0.346 e. The van der Waals surface area contributed by atoms with Crippen molar-refractivity contribution in [2.75, 3.05) is 20.1 Å². The minimum absolute atomic E-state index is 0.0398. The van der Waals surface area contributed by atoms with E-state index in [9.17, 15) is 19.2 Å². The lowest BCUT2D eigenvalue weighted by molar-refractivity contribution is -0.131. The van der Waals surface area contributed by atoms with E-state index in [1.165, 1.54) is 36.8 Å². The number of hydrogen-bond acceptors (Lipinski definition) is 5. The van der Waals surface area contributed by atoms with E-state index in [0.717, 1.165) is 4.57 Å². The summed E-state index contributed by atoms with van der Waals surface area (Å²) >= 11 is 0. The fourth-order valence-corrected chi connectivity index (χ4v) is 1.72. The maximum Gasteiger partial charge on any atom is 0.330 e. The summed E-state index contributed by atoms with van der Waals surface area (Å²) in [6.45, 7) is -0.352. The Morgan fingerprint density at radius 3 is 2.52 bits per heavy atom. The molecule has 1 heterocycles. The summed E-state index contributed by atoms with van der Waals surface area (Å²) in [7, 11) is 4.40. The lowest BCUT2D eigenvalue weighted by atomic mass is 10.3. The third-order valence-corrected chi connectivity index (χ3v) is 2.97. The van der Waals surface area contributed by atoms with Gasteiger partial charge >= 0.3 is 5.69 Å². The Morgan fingerprint density at radius 1 is 1.33 bits per heavy atom. The van der Waals surface area contributed by atoms with Crippen LogP contribution in [0.25, 0.3) is 0 Å². The van der Waals surface area contributed by atoms with Crippen molar-refractivity contribution >= 4 is 11.8 Å². The van der Waals surface area contributed by atoms with Crippen LogP contribution in [-0.4, -0.2) is 46.0 Å². The van der Waals surface area contributed by atoms with Crippen LogP contribution in [0.1, 0.15) is 5.56 Å². The molecule has 0 bridgehead atoms. The molecule has 0 radical (unpaired) electrons. The second-order valence-corrected chi connectivity index (χ2v) is 4.64. The molecule has 0 fully saturated rings. The van der Waals surface area contributed by atoms with Crippen molar-refractivity contribution in [1.29, 1.82) is 0 Å². The molecule has 1 aromatic rings. The Bertz CT molecular complexity index is 661. The molecule has 9 nitrogen and oxygen atoms in total. The zero-order valence-corrected chi connectivity index (χ0v) is 12.3. The standard InChI is InChI=1S/C12H19N5O4/c1-15(10(19)5-14-9(18)4-13)6-8-7-16(2)12(21)17(3)11(8)20/h7H,4-6,13H2,1-3H3,(H,14,18). The van der Waals surface area contributed by atoms with Crippen molar-refractivity contribution in [3.05, 3.63) is 32.6 Å². The van der Waals surface area contributed by atoms with Crippen LogP contribution in [0.15, 0.2) is 15.8 Å². The minimum atomic E-state index is -0.455. The number of likely N-dealkylation sites (N-methyl/N-ethyl adjacent to an activating group) is 1. The molecule has 116 valence electrons. The highest BCUT2D eigenvalue weighted by molar-refractivity contribution is 5.85. The highest BCUT2D eigenvalue weighted by atomic mass is 16.2. The van der Waals surface area contributed by atoms with Crippen molar-refractivity contribution in [2.24, 2.45) is 19.8 Å². The van der Waals surface area contributed by atoms with Gasteiger partial charge in [-0.2, -0.15) is 0 Å². The number of nitrogens with two attached hydrogens (primary N) is 1. The highest BCUT2D eigenvalue weighted by Crippen LogP contribution is 1.96. The monoisotopic (exact) mass is 297 g/mol. The first-order chi connectivity index (χ1) is 9.77. The maximum absolute atomic E-state index is 11.9. The maximum atomic E-state index is 11.9. The molecular weight excluding hydrogens is 278 g/mol. The Labute approximate surface area is 121 Å². The molecule has 0 saturated heterocycles. The van der Waals surface area contributed by atoms with E-state index in [1.807, 2.05) is 0 Å². The molecule has 9 heteroatoms. The topological polar surface area (TPSA) is 119 Å². The Kier molecular flexibility index (Phi) is 5.42. The molecule has 0 aliphatic rings. The first kappa shape index (κ1) is 16.6. The van der Waals surface area contributed by atoms with Gasteiger partial charge in [-0.05, 0) is 0 Å². The number of aromatic nitrogens is 2. The molecule has 0 aliphatic heterocycles. The van der Waals surface area contributed by atoms with Crippen LogP contribution in [-0.2, 0) is 30.2 Å². The van der Waals surface area contributed by atoms with Gasteiger partial charge in [0.15, 0.2) is 0 Å². The lowest BCUT2D eigenvalue weighted by Gasteiger charge is -2.18. The van der Waals surface area contributed by atoms with Gasteiger partial charge in [-0.3, -0.25) is 19.0 Å². The number of aryl methyl sites for hydroxylation is 1. The molecule has 0 atom stereocenters. The summed E-state index contributed by atoms with van der Waals surface area (Å²) in [4.78, 5) is 47.6. The van der Waals surface area contributed by atoms with Crippen LogP contribution in [0.5, 0.6) is 0 Å². The molecule has 21 heavy (non-hydrogen) atoms. The van der Waals surface area contributed by atoms with Crippen molar-refractivity contribution in [3.8, 4) is 0 Å². The fraction of sp³-hybridized carbons (Fsp3) is 0.500. The van der Waals surface area contributed by atoms with E-state index in [0.29, 0.717) is 5.56 Å². The van der Waals surface area contributed by atoms with Crippen LogP contribution < -0.4 is 22.3 Å². The van der Waals surface area contributed by atoms with Crippen LogP contribution >= 0.6 is 0 Å². The summed E-state index contributed by atoms with van der Waals surface area (Å²) in [5, 5.41) is 2.35. The van der Waals surface area contributed by atoms with Gasteiger partial charge < -0.3 is 20.5 Å². The van der Waals surface area contributed by atoms with Gasteiger partial charge in [-0.1, -0.05) is 0 Å². The highest BCUT2D eigenvalue weighted by Gasteiger charge is 2.14. The van der Waals surface area contributed by atoms with Gasteiger partial charge in [0.05, 0.1) is 25.2 Å². The van der Waals surface area contributed by atoms with Crippen LogP contribution in [0, 0.1) is 0 Å². The molecule has 1 aromatic heterocycles. The zero-order valence-electron chi connectivity index (χ0n) is 12.3. The summed E-state index contributed by atoms with van der Waals surface area (Å²) in [5.41, 5.74) is 4.53. The summed E-state index contributed by atoms with van der Waals surface area (Å²) in [6, 6.07) is 0. The smallest absolute Gasteiger partial charge is 0.330 e. The summed E-state index contributed by atoms with van der Waals surface area (Å²) < 4.78 is 2.25. The molecule has 0 aromatic carbocycles. The summed E-state index contributed by atoms with van der Waals surface area (Å²) in [6.07, 6.45) is 1.40. The van der Waals surface area contributed by atoms with Gasteiger partial charge in [0.25, 0.3) is 5.56 Å². The molecular formula is C12H19N5O4. The number of amides is 2. The van der Waals surface area contributed by atoms with E-state index in [4.69, 9.17) is 5.73 Å². The van der Waals surface area contributed by atoms with Crippen LogP contribution in [0.3, 0.4) is 0 Å². The third kappa shape index (κ3) is 4.02. The molecule has 0 unspecified atom stereocenters. The van der Waals surface area contributed by atoms with Crippen molar-refractivity contribution < 1.29 is 9.59 Å². The quantitative estimate of drug-likeness (QED) is 0.605. The van der Waals surface area contributed by atoms with Crippen LogP contribution in [0.4, 0.5) is 0 Å². The van der Waals surface area contributed by atoms with Gasteiger partial charge in [-0.25, -0.2) is 4.79 Å². The van der Waals surface area contributed by atoms with Gasteiger partial charge in [0.2, 0.25) is 11.8 Å². The number of nitrogens with one attached hydrogen (secondary N) is 1. The normalized spacial score (nSPS) is 10.3. The van der Waals surface area contributed by atoms with Crippen molar-refractivity contribution in [1.82, 2.24) is 19.4 Å². The predicted octanol–water partition coefficient (Wildman–Crippen LogP) is -2.88. The average molecular weight is 297 g/mol. The Hall–Kier alpha value is -2.42. The first-order valence-electron chi connectivity index (χ1n) is 6.24. The molecule has 0 saturated carbocycles. The number of carbonyl (C=O) groups is 2. The third-order valence-electron chi connectivity index (χ3n) is 2.97. The van der Waals surface area contributed by atoms with E-state index in [-0.39, 0.29) is 25.5 Å². The first-order valence-corrected chi connectivity index (χ1v) is 6.24. The molecule has 0 spiro atoms. The molecule has 1 rings (SSSR count). The molecule has 2 amide bonds. The predicted molar refractivity (Wildman–Crippen MR) is 75.5 cm³/mol. The van der Waals surface area contributed by atoms with Crippen molar-refractivity contribution in [2.45, 2.75) is 6.54 Å². The van der Waals surface area contributed by atoms with Crippen LogP contribution in [0.2, 0.25) is 0 Å². The number of nitrogens with zero attached hydrogens (tertiary/aromatic N) is 3. The van der Waals surface area contributed by atoms with Gasteiger partial charge in [0.1, 0.15) is 0 Å². The lowest BCUT2D eigenvalue weighted by Crippen LogP contribution is -2.43. The summed E-state index contributed by atoms with van der Waals surface area (Å²) in [5.74, 6) is -0.803. The zero-order chi connectivity index (χ0) is 16.2. The van der Waals surface area contributed by atoms with Gasteiger partial charge in [-0.15, -0.1) is 0 Å². The van der Waals surface area contributed by atoms with E-state index in [2.05, 4.69) is 5.32 Å². The Morgan fingerprint density at radius 2 is 1.95 bits per heavy atom. The van der Waals surface area contributed by atoms with E-state index < -0.39 is 17.2 Å². The van der Waals surface area contributed by atoms with Crippen molar-refractivity contribution in [3.63, 3.8) is 0 Å². The van der Waals surface area contributed by atoms with Gasteiger partial charge in [0, 0.05) is 27.3 Å². The second-order valence-electron chi connectivity index (χ2n) is 4.64. The second kappa shape index (κ2) is 6.84. The molecule has 0 aliphatic carbocycles. The number of carbonyl (C=O) groups excluding carboxylic acids is 2. The van der Waals surface area contributed by atoms with E-state index in [1.54, 1.807) is 0 Å². The SMILES string of the molecule is CN(Cc1cn(C)c(=O)n(C)c1=O)C(=O)CNC(=O)CN. The van der Waals surface area contributed by atoms with E-state index >= 15 is 0 Å². The molecule has 3 N–H and O–H groups in total. The largest absolute Gasteiger partial charge is 0.346 e. The number of hydrogen-bond donors (Lipinski definition) is 2. The Balaban J connectivity index is 2.82. The average Bonchev–Trinajstić information content (AvgIpc) is 2.47. The number of rotatable bonds is 5. The fourth-order valence-electron chi connectivity index (χ4n) is 1.72.